The lowest BCUT2D eigenvalue weighted by molar-refractivity contribution is -0.137. The Balaban J connectivity index is 2.07. The molecule has 0 spiro atoms. The molecule has 0 aliphatic carbocycles. The molecular weight excluding hydrogens is 335 g/mol. The van der Waals surface area contributed by atoms with Crippen molar-refractivity contribution in [2.45, 2.75) is 31.9 Å². The lowest BCUT2D eigenvalue weighted by Gasteiger charge is -2.17. The van der Waals surface area contributed by atoms with Gasteiger partial charge in [-0.3, -0.25) is 0 Å². The van der Waals surface area contributed by atoms with Crippen molar-refractivity contribution in [2.75, 3.05) is 6.50 Å². The maximum Gasteiger partial charge on any atom is 0.416 e. The van der Waals surface area contributed by atoms with Crippen molar-refractivity contribution in [1.82, 2.24) is 5.32 Å². The van der Waals surface area contributed by atoms with E-state index in [0.717, 1.165) is 0 Å². The van der Waals surface area contributed by atoms with Gasteiger partial charge in [-0.1, -0.05) is 60.6 Å². The first kappa shape index (κ1) is 9.05. The van der Waals surface area contributed by atoms with Gasteiger partial charge in [0, 0.05) is 15.6 Å². The molecule has 0 aliphatic heterocycles. The van der Waals surface area contributed by atoms with Gasteiger partial charge in [0.1, 0.15) is 0 Å². The van der Waals surface area contributed by atoms with E-state index in [9.17, 15) is 13.2 Å². The van der Waals surface area contributed by atoms with Crippen LogP contribution in [0.5, 0.6) is 0 Å². The molecule has 0 unspecified atom stereocenters. The number of halogens is 3. The molecule has 0 amide bonds. The Morgan fingerprint density at radius 2 is 1.96 bits per heavy atom. The van der Waals surface area contributed by atoms with Crippen LogP contribution in [0, 0.1) is 0 Å². The molecule has 1 N–H and O–H groups in total. The second-order valence-corrected chi connectivity index (χ2v) is 5.42. The average Bonchev–Trinajstić information content (AvgIpc) is 2.73. The number of hydrogen-bond donors (Lipinski definition) is 1. The summed E-state index contributed by atoms with van der Waals surface area (Å²) in [6, 6.07) is 4.46. The van der Waals surface area contributed by atoms with Crippen LogP contribution in [0.1, 0.15) is 51.1 Å². The Morgan fingerprint density at radius 1 is 1.15 bits per heavy atom. The maximum absolute atomic E-state index is 13.5. The molecule has 26 heavy (non-hydrogen) atoms. The largest absolute Gasteiger partial charge is 0.416 e. The Kier molecular flexibility index (Phi) is 2.75. The fourth-order valence-corrected chi connectivity index (χ4v) is 2.44. The summed E-state index contributed by atoms with van der Waals surface area (Å²) in [5.41, 5.74) is -2.92. The summed E-state index contributed by atoms with van der Waals surface area (Å²) in [4.78, 5) is 0. The number of hydrogen-bond acceptors (Lipinski definition) is 1. The number of benzene rings is 3. The minimum atomic E-state index is -5.29. The Labute approximate surface area is 167 Å². The van der Waals surface area contributed by atoms with Gasteiger partial charge in [0.05, 0.1) is 11.0 Å². The summed E-state index contributed by atoms with van der Waals surface area (Å²) in [6.07, 6.45) is -9.70. The van der Waals surface area contributed by atoms with Crippen LogP contribution < -0.4 is 5.32 Å². The number of fused-ring (bicyclic) bond motifs is 1. The van der Waals surface area contributed by atoms with Crippen molar-refractivity contribution in [1.29, 1.82) is 0 Å². The highest BCUT2D eigenvalue weighted by atomic mass is 19.4. The lowest BCUT2D eigenvalue weighted by atomic mass is 9.99. The van der Waals surface area contributed by atoms with Gasteiger partial charge in [-0.05, 0) is 54.1 Å². The summed E-state index contributed by atoms with van der Waals surface area (Å²) >= 11 is 0. The van der Waals surface area contributed by atoms with E-state index >= 15 is 0 Å². The standard InChI is InChI=1S/C22H22F3N/c1-16(20-13-5-10-18-9-2-3-12-21(18)20)26-14-6-8-17-7-4-11-19(15-17)22(23,24)25/h2-5,7,9-13,15-16,26H,6,8,14H2,1H3/t16-/m1/s1/i1D3,4D,7D,8D2,11D,14D2,15D. The van der Waals surface area contributed by atoms with Crippen LogP contribution in [-0.4, -0.2) is 6.50 Å². The van der Waals surface area contributed by atoms with Crippen LogP contribution in [-0.2, 0) is 12.5 Å². The zero-order chi connectivity index (χ0) is 28.1. The van der Waals surface area contributed by atoms with E-state index in [1.807, 2.05) is 0 Å². The van der Waals surface area contributed by atoms with Crippen LogP contribution in [0.3, 0.4) is 0 Å². The lowest BCUT2D eigenvalue weighted by Crippen LogP contribution is -2.20. The van der Waals surface area contributed by atoms with Gasteiger partial charge in [-0.25, -0.2) is 0 Å². The first-order valence-corrected chi connectivity index (χ1v) is 7.71. The van der Waals surface area contributed by atoms with Gasteiger partial charge in [0.15, 0.2) is 0 Å². The summed E-state index contributed by atoms with van der Waals surface area (Å²) < 4.78 is 129. The molecule has 0 saturated heterocycles. The molecule has 4 heteroatoms. The van der Waals surface area contributed by atoms with E-state index < -0.39 is 73.7 Å². The molecule has 1 atom stereocenters. The molecule has 0 saturated carbocycles. The SMILES string of the molecule is [2H]c1c([2H])c(C(F)(F)F)c([2H])c(C([2H])([2H])CC([2H])([2H])N[C@@H](c2cccc3ccccc23)C([2H])([2H])[2H])c1[2H]. The van der Waals surface area contributed by atoms with E-state index in [0.29, 0.717) is 10.8 Å². The van der Waals surface area contributed by atoms with Crippen molar-refractivity contribution in [3.63, 3.8) is 0 Å². The molecule has 0 aliphatic rings. The van der Waals surface area contributed by atoms with Crippen LogP contribution in [0.15, 0.2) is 66.6 Å². The molecule has 136 valence electrons. The predicted molar refractivity (Wildman–Crippen MR) is 100 cm³/mol. The fourth-order valence-electron chi connectivity index (χ4n) is 2.44. The van der Waals surface area contributed by atoms with Gasteiger partial charge < -0.3 is 5.32 Å². The third kappa shape index (κ3) is 4.44. The zero-order valence-electron chi connectivity index (χ0n) is 24.5. The second kappa shape index (κ2) is 7.92. The first-order chi connectivity index (χ1) is 16.8. The van der Waals surface area contributed by atoms with Gasteiger partial charge in [-0.2, -0.15) is 13.2 Å². The summed E-state index contributed by atoms with van der Waals surface area (Å²) in [5, 5.41) is 3.45. The van der Waals surface area contributed by atoms with Crippen LogP contribution in [0.25, 0.3) is 10.8 Å². The highest BCUT2D eigenvalue weighted by Crippen LogP contribution is 2.29. The van der Waals surface area contributed by atoms with Crippen molar-refractivity contribution >= 4 is 10.8 Å². The molecule has 3 rings (SSSR count). The van der Waals surface area contributed by atoms with E-state index in [2.05, 4.69) is 5.32 Å². The summed E-state index contributed by atoms with van der Waals surface area (Å²) in [6.45, 7) is -5.69. The average molecular weight is 368 g/mol. The van der Waals surface area contributed by atoms with Crippen molar-refractivity contribution in [2.24, 2.45) is 0 Å². The minimum Gasteiger partial charge on any atom is -0.310 e. The smallest absolute Gasteiger partial charge is 0.310 e. The quantitative estimate of drug-likeness (QED) is 0.551. The fraction of sp³-hybridized carbons (Fsp3) is 0.273. The summed E-state index contributed by atoms with van der Waals surface area (Å²) in [7, 11) is 0. The topological polar surface area (TPSA) is 12.0 Å². The molecule has 3 aromatic carbocycles. The molecule has 0 bridgehead atoms. The number of alkyl halides is 3. The Hall–Kier alpha value is -2.33. The Bertz CT molecular complexity index is 1310. The summed E-state index contributed by atoms with van der Waals surface area (Å²) in [5.74, 6) is 0. The second-order valence-electron chi connectivity index (χ2n) is 5.42. The van der Waals surface area contributed by atoms with Crippen LogP contribution in [0.4, 0.5) is 13.2 Å². The molecule has 1 nitrogen and oxygen atoms in total. The monoisotopic (exact) mass is 368 g/mol. The minimum absolute atomic E-state index is 0.191. The number of nitrogens with one attached hydrogen (secondary N) is 1. The van der Waals surface area contributed by atoms with Gasteiger partial charge in [-0.15, -0.1) is 0 Å². The predicted octanol–water partition coefficient (Wildman–Crippen LogP) is 6.14. The van der Waals surface area contributed by atoms with E-state index in [1.165, 1.54) is 6.07 Å². The van der Waals surface area contributed by atoms with Gasteiger partial charge >= 0.3 is 6.18 Å². The van der Waals surface area contributed by atoms with Crippen LogP contribution >= 0.6 is 0 Å². The van der Waals surface area contributed by atoms with Crippen LogP contribution in [0.2, 0.25) is 0 Å². The van der Waals surface area contributed by atoms with Crippen molar-refractivity contribution in [3.05, 3.63) is 83.3 Å². The third-order valence-corrected chi connectivity index (χ3v) is 3.64. The van der Waals surface area contributed by atoms with E-state index in [4.69, 9.17) is 15.1 Å². The normalized spacial score (nSPS) is 20.8. The molecule has 0 fully saturated rings. The molecule has 0 heterocycles. The van der Waals surface area contributed by atoms with Crippen molar-refractivity contribution < 1.29 is 28.2 Å². The molecular formula is C22H22F3N. The molecule has 0 radical (unpaired) electrons. The van der Waals surface area contributed by atoms with E-state index in [1.54, 1.807) is 36.4 Å². The van der Waals surface area contributed by atoms with Crippen molar-refractivity contribution in [3.8, 4) is 0 Å². The third-order valence-electron chi connectivity index (χ3n) is 3.64. The number of rotatable bonds is 6. The van der Waals surface area contributed by atoms with Gasteiger partial charge in [0.25, 0.3) is 0 Å². The molecule has 3 aromatic rings. The maximum atomic E-state index is 13.5. The zero-order valence-corrected chi connectivity index (χ0v) is 13.5. The highest BCUT2D eigenvalue weighted by Gasteiger charge is 2.30. The van der Waals surface area contributed by atoms with E-state index in [-0.39, 0.29) is 5.56 Å². The first-order valence-electron chi connectivity index (χ1n) is 13.2. The molecule has 0 aromatic heterocycles. The Morgan fingerprint density at radius 3 is 2.77 bits per heavy atom. The highest BCUT2D eigenvalue weighted by molar-refractivity contribution is 5.86. The van der Waals surface area contributed by atoms with Gasteiger partial charge in [0.2, 0.25) is 0 Å².